The number of hydrogen-bond acceptors (Lipinski definition) is 0. The molecule has 0 saturated heterocycles. The van der Waals surface area contributed by atoms with Crippen LogP contribution < -0.4 is 0 Å². The van der Waals surface area contributed by atoms with Gasteiger partial charge in [-0.3, -0.25) is 0 Å². The number of fused-ring (bicyclic) bond motifs is 7. The van der Waals surface area contributed by atoms with Crippen LogP contribution in [0.4, 0.5) is 0 Å². The summed E-state index contributed by atoms with van der Waals surface area (Å²) in [6.45, 7) is 1.85. The second kappa shape index (κ2) is 5.14. The van der Waals surface area contributed by atoms with Crippen molar-refractivity contribution in [1.82, 2.24) is 0 Å². The highest BCUT2D eigenvalue weighted by Crippen LogP contribution is 2.46. The highest BCUT2D eigenvalue weighted by molar-refractivity contribution is 5.87. The minimum absolute atomic E-state index is 0.904. The average Bonchev–Trinajstić information content (AvgIpc) is 3.19. The van der Waals surface area contributed by atoms with Crippen molar-refractivity contribution >= 4 is 0 Å². The highest BCUT2D eigenvalue weighted by atomic mass is 14.3. The van der Waals surface area contributed by atoms with E-state index in [0.29, 0.717) is 0 Å². The van der Waals surface area contributed by atoms with Crippen LogP contribution in [0.25, 0.3) is 22.3 Å². The molecule has 5 rings (SSSR count). The third-order valence-electron chi connectivity index (χ3n) is 5.42. The predicted molar refractivity (Wildman–Crippen MR) is 103 cm³/mol. The van der Waals surface area contributed by atoms with E-state index < -0.39 is 0 Å². The number of hydrogen-bond donors (Lipinski definition) is 0. The second-order valence-electron chi connectivity index (χ2n) is 6.70. The van der Waals surface area contributed by atoms with Gasteiger partial charge in [0, 0.05) is 11.1 Å². The zero-order chi connectivity index (χ0) is 17.0. The van der Waals surface area contributed by atoms with Gasteiger partial charge in [-0.05, 0) is 76.4 Å². The molecular weight excluding hydrogens is 300 g/mol. The van der Waals surface area contributed by atoms with Crippen LogP contribution in [-0.4, -0.2) is 0 Å². The van der Waals surface area contributed by atoms with Gasteiger partial charge in [-0.2, -0.15) is 0 Å². The largest absolute Gasteiger partial charge is 0.115 e. The normalized spacial score (nSPS) is 12.3. The molecule has 0 N–H and O–H groups in total. The monoisotopic (exact) mass is 316 g/mol. The van der Waals surface area contributed by atoms with Crippen LogP contribution in [0.15, 0.2) is 48.5 Å². The standard InChI is InChI=1S/C25H16/c1-3-7-17-13-23-19(12-16(17)4-2)15-25-22(23)11-10-21-20-9-6-5-8-18(20)14-24(21)25/h2,5-6,8-13H,14-15H2,1H3. The molecule has 0 amide bonds. The predicted octanol–water partition coefficient (Wildman–Crippen LogP) is 5.18. The fourth-order valence-corrected chi connectivity index (χ4v) is 4.32. The summed E-state index contributed by atoms with van der Waals surface area (Å²) >= 11 is 0. The van der Waals surface area contributed by atoms with E-state index in [9.17, 15) is 0 Å². The Morgan fingerprint density at radius 3 is 2.24 bits per heavy atom. The molecule has 2 aliphatic carbocycles. The van der Waals surface area contributed by atoms with Crippen molar-refractivity contribution in [2.75, 3.05) is 0 Å². The Labute approximate surface area is 148 Å². The van der Waals surface area contributed by atoms with Gasteiger partial charge in [0.1, 0.15) is 0 Å². The third kappa shape index (κ3) is 1.92. The average molecular weight is 316 g/mol. The van der Waals surface area contributed by atoms with Crippen molar-refractivity contribution in [3.8, 4) is 46.4 Å². The molecule has 0 spiro atoms. The van der Waals surface area contributed by atoms with Crippen molar-refractivity contribution in [2.45, 2.75) is 19.8 Å². The quantitative estimate of drug-likeness (QED) is 0.345. The van der Waals surface area contributed by atoms with Gasteiger partial charge in [0.2, 0.25) is 0 Å². The zero-order valence-corrected chi connectivity index (χ0v) is 14.1. The molecule has 0 heteroatoms. The van der Waals surface area contributed by atoms with Gasteiger partial charge >= 0.3 is 0 Å². The molecule has 0 heterocycles. The van der Waals surface area contributed by atoms with Gasteiger partial charge in [-0.1, -0.05) is 48.2 Å². The lowest BCUT2D eigenvalue weighted by molar-refractivity contribution is 1.16. The molecule has 0 aliphatic heterocycles. The maximum atomic E-state index is 5.71. The lowest BCUT2D eigenvalue weighted by atomic mass is 9.96. The summed E-state index contributed by atoms with van der Waals surface area (Å²) < 4.78 is 0. The van der Waals surface area contributed by atoms with Crippen LogP contribution in [0, 0.1) is 24.2 Å². The van der Waals surface area contributed by atoms with Gasteiger partial charge in [0.25, 0.3) is 0 Å². The summed E-state index contributed by atoms with van der Waals surface area (Å²) in [5.41, 5.74) is 13.0. The molecule has 2 aliphatic rings. The first-order valence-corrected chi connectivity index (χ1v) is 8.60. The highest BCUT2D eigenvalue weighted by Gasteiger charge is 2.28. The number of terminal acetylenes is 1. The first kappa shape index (κ1) is 14.2. The van der Waals surface area contributed by atoms with Crippen LogP contribution in [0.2, 0.25) is 0 Å². The van der Waals surface area contributed by atoms with Gasteiger partial charge in [-0.15, -0.1) is 12.3 Å². The van der Waals surface area contributed by atoms with Crippen molar-refractivity contribution in [3.05, 3.63) is 81.9 Å². The second-order valence-corrected chi connectivity index (χ2v) is 6.70. The van der Waals surface area contributed by atoms with E-state index in [-0.39, 0.29) is 0 Å². The topological polar surface area (TPSA) is 0 Å². The van der Waals surface area contributed by atoms with Crippen LogP contribution in [-0.2, 0) is 12.8 Å². The van der Waals surface area contributed by atoms with Crippen molar-refractivity contribution in [1.29, 1.82) is 0 Å². The van der Waals surface area contributed by atoms with Crippen molar-refractivity contribution in [2.24, 2.45) is 0 Å². The summed E-state index contributed by atoms with van der Waals surface area (Å²) in [7, 11) is 0. The molecule has 25 heavy (non-hydrogen) atoms. The molecule has 3 aromatic carbocycles. The lowest BCUT2D eigenvalue weighted by Crippen LogP contribution is -1.91. The number of benzene rings is 3. The van der Waals surface area contributed by atoms with E-state index in [1.165, 1.54) is 44.5 Å². The Morgan fingerprint density at radius 1 is 0.760 bits per heavy atom. The summed E-state index contributed by atoms with van der Waals surface area (Å²) in [5.74, 6) is 8.94. The molecule has 0 fully saturated rings. The molecule has 116 valence electrons. The SMILES string of the molecule is C#Cc1cc2c(cc1C#CC)-c1ccc3c(c1C2)Cc1ccccc1-3. The summed E-state index contributed by atoms with van der Waals surface area (Å²) in [6.07, 6.45) is 7.71. The van der Waals surface area contributed by atoms with Gasteiger partial charge in [-0.25, -0.2) is 0 Å². The zero-order valence-electron chi connectivity index (χ0n) is 14.1. The minimum Gasteiger partial charge on any atom is -0.115 e. The molecule has 3 aromatic rings. The fourth-order valence-electron chi connectivity index (χ4n) is 4.32. The Hall–Kier alpha value is -3.22. The molecule has 0 aromatic heterocycles. The minimum atomic E-state index is 0.904. The lowest BCUT2D eigenvalue weighted by Gasteiger charge is -2.08. The summed E-state index contributed by atoms with van der Waals surface area (Å²) in [5, 5.41) is 0. The van der Waals surface area contributed by atoms with Crippen LogP contribution >= 0.6 is 0 Å². The number of rotatable bonds is 0. The maximum absolute atomic E-state index is 5.71. The Morgan fingerprint density at radius 2 is 1.48 bits per heavy atom. The smallest absolute Gasteiger partial charge is 0.0408 e. The van der Waals surface area contributed by atoms with E-state index in [4.69, 9.17) is 6.42 Å². The summed E-state index contributed by atoms with van der Waals surface area (Å²) in [4.78, 5) is 0. The first-order valence-electron chi connectivity index (χ1n) is 8.60. The van der Waals surface area contributed by atoms with E-state index in [2.05, 4.69) is 66.3 Å². The summed E-state index contributed by atoms with van der Waals surface area (Å²) in [6, 6.07) is 17.6. The van der Waals surface area contributed by atoms with Crippen molar-refractivity contribution < 1.29 is 0 Å². The van der Waals surface area contributed by atoms with Gasteiger partial charge in [0.05, 0.1) is 0 Å². The van der Waals surface area contributed by atoms with Crippen LogP contribution in [0.3, 0.4) is 0 Å². The molecule has 0 bridgehead atoms. The molecule has 0 unspecified atom stereocenters. The Kier molecular flexibility index (Phi) is 2.91. The molecule has 0 saturated carbocycles. The van der Waals surface area contributed by atoms with E-state index in [1.54, 1.807) is 0 Å². The molecule has 0 atom stereocenters. The first-order chi connectivity index (χ1) is 12.3. The van der Waals surface area contributed by atoms with E-state index in [0.717, 1.165) is 24.0 Å². The van der Waals surface area contributed by atoms with Crippen LogP contribution in [0.5, 0.6) is 0 Å². The maximum Gasteiger partial charge on any atom is 0.0408 e. The Balaban J connectivity index is 1.72. The molecular formula is C25H16. The van der Waals surface area contributed by atoms with Gasteiger partial charge in [0.15, 0.2) is 0 Å². The van der Waals surface area contributed by atoms with Crippen LogP contribution in [0.1, 0.15) is 40.3 Å². The fraction of sp³-hybridized carbons (Fsp3) is 0.120. The Bertz CT molecular complexity index is 1160. The van der Waals surface area contributed by atoms with Crippen molar-refractivity contribution in [3.63, 3.8) is 0 Å². The third-order valence-corrected chi connectivity index (χ3v) is 5.42. The van der Waals surface area contributed by atoms with E-state index >= 15 is 0 Å². The molecule has 0 nitrogen and oxygen atoms in total. The molecule has 0 radical (unpaired) electrons. The van der Waals surface area contributed by atoms with Gasteiger partial charge < -0.3 is 0 Å². The van der Waals surface area contributed by atoms with E-state index in [1.807, 2.05) is 6.92 Å².